The van der Waals surface area contributed by atoms with Gasteiger partial charge in [0.05, 0.1) is 13.2 Å². The summed E-state index contributed by atoms with van der Waals surface area (Å²) in [6, 6.07) is 0. The predicted molar refractivity (Wildman–Crippen MR) is 57.6 cm³/mol. The largest absolute Gasteiger partial charge is 0.465 e. The molecule has 0 bridgehead atoms. The van der Waals surface area contributed by atoms with E-state index in [-0.39, 0.29) is 19.7 Å². The Balaban J connectivity index is 4.40. The van der Waals surface area contributed by atoms with Crippen molar-refractivity contribution in [3.63, 3.8) is 0 Å². The number of nitrogens with one attached hydrogen (secondary N) is 1. The Morgan fingerprint density at radius 1 is 1.56 bits per heavy atom. The average Bonchev–Trinajstić information content (AvgIpc) is 2.16. The first-order chi connectivity index (χ1) is 7.35. The van der Waals surface area contributed by atoms with Crippen molar-refractivity contribution in [2.75, 3.05) is 33.8 Å². The maximum absolute atomic E-state index is 12.1. The SMILES string of the molecule is CCOC(=O)C(C)(CN(C)CC(F)F)NC. The molecule has 0 saturated heterocycles. The third-order valence-corrected chi connectivity index (χ3v) is 2.31. The number of hydrogen-bond acceptors (Lipinski definition) is 4. The van der Waals surface area contributed by atoms with Crippen LogP contribution >= 0.6 is 0 Å². The summed E-state index contributed by atoms with van der Waals surface area (Å²) in [5.41, 5.74) is -0.959. The van der Waals surface area contributed by atoms with Crippen molar-refractivity contribution in [3.05, 3.63) is 0 Å². The van der Waals surface area contributed by atoms with E-state index in [1.165, 1.54) is 4.90 Å². The van der Waals surface area contributed by atoms with Gasteiger partial charge in [-0.15, -0.1) is 0 Å². The molecule has 0 aliphatic carbocycles. The van der Waals surface area contributed by atoms with Crippen molar-refractivity contribution in [3.8, 4) is 0 Å². The van der Waals surface area contributed by atoms with Gasteiger partial charge in [-0.1, -0.05) is 0 Å². The Hall–Kier alpha value is -0.750. The van der Waals surface area contributed by atoms with E-state index in [4.69, 9.17) is 4.74 Å². The highest BCUT2D eigenvalue weighted by atomic mass is 19.3. The molecule has 0 spiro atoms. The molecule has 0 aromatic rings. The number of nitrogens with zero attached hydrogens (tertiary/aromatic N) is 1. The van der Waals surface area contributed by atoms with E-state index in [0.29, 0.717) is 0 Å². The first kappa shape index (κ1) is 15.2. The van der Waals surface area contributed by atoms with Crippen molar-refractivity contribution in [2.45, 2.75) is 25.8 Å². The van der Waals surface area contributed by atoms with Crippen LogP contribution in [0.15, 0.2) is 0 Å². The van der Waals surface area contributed by atoms with Gasteiger partial charge >= 0.3 is 5.97 Å². The van der Waals surface area contributed by atoms with Crippen LogP contribution in [0.4, 0.5) is 8.78 Å². The van der Waals surface area contributed by atoms with Gasteiger partial charge in [0.2, 0.25) is 0 Å². The van der Waals surface area contributed by atoms with E-state index in [1.54, 1.807) is 27.9 Å². The third-order valence-electron chi connectivity index (χ3n) is 2.31. The van der Waals surface area contributed by atoms with Crippen LogP contribution in [0.3, 0.4) is 0 Å². The molecule has 1 atom stereocenters. The maximum Gasteiger partial charge on any atom is 0.327 e. The molecule has 0 radical (unpaired) electrons. The molecule has 1 N–H and O–H groups in total. The lowest BCUT2D eigenvalue weighted by Crippen LogP contribution is -2.56. The third kappa shape index (κ3) is 4.85. The zero-order chi connectivity index (χ0) is 12.8. The van der Waals surface area contributed by atoms with Crippen molar-refractivity contribution < 1.29 is 18.3 Å². The molecular weight excluding hydrogens is 218 g/mol. The second-order valence-electron chi connectivity index (χ2n) is 3.89. The van der Waals surface area contributed by atoms with Crippen LogP contribution in [-0.4, -0.2) is 56.6 Å². The van der Waals surface area contributed by atoms with Crippen molar-refractivity contribution >= 4 is 5.97 Å². The van der Waals surface area contributed by atoms with E-state index >= 15 is 0 Å². The van der Waals surface area contributed by atoms with Crippen LogP contribution in [-0.2, 0) is 9.53 Å². The molecule has 4 nitrogen and oxygen atoms in total. The van der Waals surface area contributed by atoms with E-state index in [1.807, 2.05) is 0 Å². The molecule has 0 aromatic carbocycles. The minimum atomic E-state index is -2.41. The van der Waals surface area contributed by atoms with Gasteiger partial charge in [-0.3, -0.25) is 9.69 Å². The number of halogens is 2. The molecule has 0 aliphatic heterocycles. The molecule has 6 heteroatoms. The minimum Gasteiger partial charge on any atom is -0.465 e. The highest BCUT2D eigenvalue weighted by molar-refractivity contribution is 5.80. The van der Waals surface area contributed by atoms with Gasteiger partial charge in [0.15, 0.2) is 0 Å². The zero-order valence-electron chi connectivity index (χ0n) is 10.2. The Morgan fingerprint density at radius 3 is 2.50 bits per heavy atom. The summed E-state index contributed by atoms with van der Waals surface area (Å²) in [7, 11) is 3.15. The van der Waals surface area contributed by atoms with Crippen molar-refractivity contribution in [1.29, 1.82) is 0 Å². The van der Waals surface area contributed by atoms with Gasteiger partial charge in [-0.05, 0) is 27.9 Å². The average molecular weight is 238 g/mol. The number of carbonyl (C=O) groups excluding carboxylic acids is 1. The fourth-order valence-electron chi connectivity index (χ4n) is 1.38. The first-order valence-electron chi connectivity index (χ1n) is 5.18. The second kappa shape index (κ2) is 6.75. The highest BCUT2D eigenvalue weighted by Gasteiger charge is 2.34. The highest BCUT2D eigenvalue weighted by Crippen LogP contribution is 2.09. The van der Waals surface area contributed by atoms with Crippen LogP contribution in [0.5, 0.6) is 0 Å². The topological polar surface area (TPSA) is 41.6 Å². The molecule has 0 rings (SSSR count). The summed E-state index contributed by atoms with van der Waals surface area (Å²) in [5.74, 6) is -0.432. The second-order valence-corrected chi connectivity index (χ2v) is 3.89. The summed E-state index contributed by atoms with van der Waals surface area (Å²) >= 11 is 0. The number of ether oxygens (including phenoxy) is 1. The number of alkyl halides is 2. The number of likely N-dealkylation sites (N-methyl/N-ethyl adjacent to an activating group) is 2. The summed E-state index contributed by atoms with van der Waals surface area (Å²) in [6.07, 6.45) is -2.41. The Kier molecular flexibility index (Phi) is 6.43. The lowest BCUT2D eigenvalue weighted by atomic mass is 10.0. The predicted octanol–water partition coefficient (Wildman–Crippen LogP) is 0.724. The lowest BCUT2D eigenvalue weighted by molar-refractivity contribution is -0.151. The molecule has 0 heterocycles. The molecular formula is C10H20F2N2O2. The maximum atomic E-state index is 12.1. The van der Waals surface area contributed by atoms with Crippen molar-refractivity contribution in [1.82, 2.24) is 10.2 Å². The Bertz CT molecular complexity index is 227. The van der Waals surface area contributed by atoms with Gasteiger partial charge < -0.3 is 10.1 Å². The van der Waals surface area contributed by atoms with Gasteiger partial charge in [0.25, 0.3) is 6.43 Å². The Morgan fingerprint density at radius 2 is 2.12 bits per heavy atom. The van der Waals surface area contributed by atoms with Gasteiger partial charge in [-0.25, -0.2) is 8.78 Å². The summed E-state index contributed by atoms with van der Waals surface area (Å²) < 4.78 is 29.2. The normalized spacial score (nSPS) is 15.2. The van der Waals surface area contributed by atoms with Gasteiger partial charge in [0.1, 0.15) is 5.54 Å². The van der Waals surface area contributed by atoms with Crippen LogP contribution in [0, 0.1) is 0 Å². The van der Waals surface area contributed by atoms with Gasteiger partial charge in [-0.2, -0.15) is 0 Å². The lowest BCUT2D eigenvalue weighted by Gasteiger charge is -2.31. The van der Waals surface area contributed by atoms with Crippen LogP contribution in [0.2, 0.25) is 0 Å². The molecule has 0 aliphatic rings. The number of rotatable bonds is 7. The molecule has 1 unspecified atom stereocenters. The van der Waals surface area contributed by atoms with E-state index < -0.39 is 17.9 Å². The van der Waals surface area contributed by atoms with E-state index in [9.17, 15) is 13.6 Å². The molecule has 96 valence electrons. The number of esters is 1. The van der Waals surface area contributed by atoms with Crippen LogP contribution < -0.4 is 5.32 Å². The Labute approximate surface area is 94.9 Å². The number of hydrogen-bond donors (Lipinski definition) is 1. The molecule has 16 heavy (non-hydrogen) atoms. The molecule has 0 saturated carbocycles. The quantitative estimate of drug-likeness (QED) is 0.664. The summed E-state index contributed by atoms with van der Waals surface area (Å²) in [6.45, 7) is 3.42. The first-order valence-corrected chi connectivity index (χ1v) is 5.18. The van der Waals surface area contributed by atoms with Crippen LogP contribution in [0.25, 0.3) is 0 Å². The number of carbonyl (C=O) groups is 1. The smallest absolute Gasteiger partial charge is 0.327 e. The zero-order valence-corrected chi connectivity index (χ0v) is 10.2. The summed E-state index contributed by atoms with van der Waals surface area (Å²) in [5, 5.41) is 2.81. The minimum absolute atomic E-state index is 0.173. The fraction of sp³-hybridized carbons (Fsp3) is 0.900. The van der Waals surface area contributed by atoms with E-state index in [0.717, 1.165) is 0 Å². The van der Waals surface area contributed by atoms with Gasteiger partial charge in [0, 0.05) is 6.54 Å². The summed E-state index contributed by atoms with van der Waals surface area (Å²) in [4.78, 5) is 13.0. The standard InChI is InChI=1S/C10H20F2N2O2/c1-5-16-9(15)10(2,13-3)7-14(4)6-8(11)12/h8,13H,5-7H2,1-4H3. The fourth-order valence-corrected chi connectivity index (χ4v) is 1.38. The molecule has 0 fully saturated rings. The molecule has 0 aromatic heterocycles. The van der Waals surface area contributed by atoms with E-state index in [2.05, 4.69) is 5.32 Å². The van der Waals surface area contributed by atoms with Crippen LogP contribution in [0.1, 0.15) is 13.8 Å². The molecule has 0 amide bonds. The van der Waals surface area contributed by atoms with Crippen molar-refractivity contribution in [2.24, 2.45) is 0 Å². The monoisotopic (exact) mass is 238 g/mol.